The average Bonchev–Trinajstić information content (AvgIpc) is 2.93. The van der Waals surface area contributed by atoms with E-state index in [4.69, 9.17) is 0 Å². The first kappa shape index (κ1) is 18.3. The van der Waals surface area contributed by atoms with Crippen molar-refractivity contribution in [3.05, 3.63) is 54.1 Å². The van der Waals surface area contributed by atoms with Gasteiger partial charge in [0.15, 0.2) is 0 Å². The molecule has 1 amide bonds. The predicted octanol–water partition coefficient (Wildman–Crippen LogP) is 2.33. The topological polar surface area (TPSA) is 61.4 Å². The molecule has 3 rings (SSSR count). The molecule has 3 heterocycles. The summed E-state index contributed by atoms with van der Waals surface area (Å²) in [6, 6.07) is 7.68. The Kier molecular flexibility index (Phi) is 6.55. The lowest BCUT2D eigenvalue weighted by Crippen LogP contribution is -2.31. The van der Waals surface area contributed by atoms with Crippen LogP contribution in [0.25, 0.3) is 0 Å². The van der Waals surface area contributed by atoms with Crippen molar-refractivity contribution in [2.24, 2.45) is 0 Å². The molecule has 138 valence electrons. The quantitative estimate of drug-likeness (QED) is 0.864. The molecule has 0 aromatic carbocycles. The van der Waals surface area contributed by atoms with E-state index in [1.54, 1.807) is 18.6 Å². The average molecular weight is 353 g/mol. The molecule has 1 fully saturated rings. The van der Waals surface area contributed by atoms with Gasteiger partial charge in [0, 0.05) is 50.5 Å². The van der Waals surface area contributed by atoms with Crippen molar-refractivity contribution in [3.8, 4) is 0 Å². The zero-order valence-electron chi connectivity index (χ0n) is 15.4. The predicted molar refractivity (Wildman–Crippen MR) is 103 cm³/mol. The lowest BCUT2D eigenvalue weighted by Gasteiger charge is -2.23. The molecule has 1 saturated heterocycles. The maximum absolute atomic E-state index is 12.4. The highest BCUT2D eigenvalue weighted by molar-refractivity contribution is 5.93. The van der Waals surface area contributed by atoms with Crippen LogP contribution in [-0.4, -0.2) is 53.5 Å². The van der Waals surface area contributed by atoms with Gasteiger partial charge in [-0.2, -0.15) is 0 Å². The summed E-state index contributed by atoms with van der Waals surface area (Å²) >= 11 is 0. The van der Waals surface area contributed by atoms with E-state index in [1.807, 2.05) is 24.3 Å². The lowest BCUT2D eigenvalue weighted by atomic mass is 10.2. The van der Waals surface area contributed by atoms with Gasteiger partial charge in [-0.1, -0.05) is 6.92 Å². The third kappa shape index (κ3) is 5.02. The Morgan fingerprint density at radius 3 is 2.77 bits per heavy atom. The van der Waals surface area contributed by atoms with Gasteiger partial charge in [-0.05, 0) is 55.8 Å². The van der Waals surface area contributed by atoms with Crippen LogP contribution in [-0.2, 0) is 6.54 Å². The van der Waals surface area contributed by atoms with Gasteiger partial charge in [-0.3, -0.25) is 14.8 Å². The van der Waals surface area contributed by atoms with Gasteiger partial charge in [0.2, 0.25) is 0 Å². The smallest absolute Gasteiger partial charge is 0.270 e. The van der Waals surface area contributed by atoms with Crippen molar-refractivity contribution in [1.29, 1.82) is 0 Å². The number of aromatic nitrogens is 2. The van der Waals surface area contributed by atoms with E-state index in [1.165, 1.54) is 6.42 Å². The van der Waals surface area contributed by atoms with Crippen molar-refractivity contribution >= 4 is 11.6 Å². The maximum Gasteiger partial charge on any atom is 0.270 e. The molecule has 0 saturated carbocycles. The highest BCUT2D eigenvalue weighted by Crippen LogP contribution is 2.17. The summed E-state index contributed by atoms with van der Waals surface area (Å²) in [7, 11) is 0. The highest BCUT2D eigenvalue weighted by Gasteiger charge is 2.16. The summed E-state index contributed by atoms with van der Waals surface area (Å²) < 4.78 is 0. The van der Waals surface area contributed by atoms with Crippen LogP contribution in [0.5, 0.6) is 0 Å². The number of carbonyl (C=O) groups excluding carboxylic acids is 1. The van der Waals surface area contributed by atoms with E-state index >= 15 is 0 Å². The standard InChI is InChI=1S/C20H27N5O/c1-2-10-24-11-3-12-25(14-13-24)18-6-9-22-19(15-18)20(26)23-16-17-4-7-21-8-5-17/h4-9,15H,2-3,10-14,16H2,1H3,(H,23,26). The van der Waals surface area contributed by atoms with Crippen LogP contribution in [0.2, 0.25) is 0 Å². The van der Waals surface area contributed by atoms with Crippen LogP contribution in [0.15, 0.2) is 42.9 Å². The number of carbonyl (C=O) groups is 1. The Morgan fingerprint density at radius 1 is 1.12 bits per heavy atom. The molecule has 1 N–H and O–H groups in total. The molecule has 0 spiro atoms. The minimum Gasteiger partial charge on any atom is -0.370 e. The van der Waals surface area contributed by atoms with Crippen molar-refractivity contribution in [2.45, 2.75) is 26.3 Å². The van der Waals surface area contributed by atoms with Crippen LogP contribution < -0.4 is 10.2 Å². The first-order valence-electron chi connectivity index (χ1n) is 9.36. The molecule has 1 aliphatic heterocycles. The second kappa shape index (κ2) is 9.29. The zero-order valence-corrected chi connectivity index (χ0v) is 15.4. The third-order valence-electron chi connectivity index (χ3n) is 4.67. The molecule has 1 aliphatic rings. The number of anilines is 1. The van der Waals surface area contributed by atoms with Gasteiger partial charge in [-0.15, -0.1) is 0 Å². The Morgan fingerprint density at radius 2 is 1.96 bits per heavy atom. The maximum atomic E-state index is 12.4. The molecular weight excluding hydrogens is 326 g/mol. The molecular formula is C20H27N5O. The third-order valence-corrected chi connectivity index (χ3v) is 4.67. The van der Waals surface area contributed by atoms with Gasteiger partial charge < -0.3 is 15.1 Å². The lowest BCUT2D eigenvalue weighted by molar-refractivity contribution is 0.0946. The van der Waals surface area contributed by atoms with Crippen LogP contribution in [0.3, 0.4) is 0 Å². The minimum atomic E-state index is -0.147. The van der Waals surface area contributed by atoms with E-state index in [9.17, 15) is 4.79 Å². The molecule has 0 aliphatic carbocycles. The highest BCUT2D eigenvalue weighted by atomic mass is 16.1. The Bertz CT molecular complexity index is 706. The fourth-order valence-electron chi connectivity index (χ4n) is 3.28. The summed E-state index contributed by atoms with van der Waals surface area (Å²) in [5, 5.41) is 2.93. The van der Waals surface area contributed by atoms with Crippen LogP contribution in [0.4, 0.5) is 5.69 Å². The number of nitrogens with one attached hydrogen (secondary N) is 1. The van der Waals surface area contributed by atoms with E-state index in [-0.39, 0.29) is 5.91 Å². The van der Waals surface area contributed by atoms with Crippen molar-refractivity contribution < 1.29 is 4.79 Å². The van der Waals surface area contributed by atoms with Crippen LogP contribution in [0, 0.1) is 0 Å². The number of amides is 1. The van der Waals surface area contributed by atoms with Crippen LogP contribution in [0.1, 0.15) is 35.8 Å². The van der Waals surface area contributed by atoms with E-state index in [0.717, 1.165) is 50.4 Å². The monoisotopic (exact) mass is 353 g/mol. The summed E-state index contributed by atoms with van der Waals surface area (Å²) in [6.07, 6.45) is 7.51. The SMILES string of the molecule is CCCN1CCCN(c2ccnc(C(=O)NCc3ccncc3)c2)CC1. The molecule has 2 aromatic rings. The van der Waals surface area contributed by atoms with Gasteiger partial charge >= 0.3 is 0 Å². The number of hydrogen-bond acceptors (Lipinski definition) is 5. The zero-order chi connectivity index (χ0) is 18.2. The van der Waals surface area contributed by atoms with Crippen molar-refractivity contribution in [1.82, 2.24) is 20.2 Å². The molecule has 26 heavy (non-hydrogen) atoms. The second-order valence-electron chi connectivity index (χ2n) is 6.62. The molecule has 0 atom stereocenters. The Labute approximate surface area is 155 Å². The summed E-state index contributed by atoms with van der Waals surface area (Å²) in [4.78, 5) is 25.6. The van der Waals surface area contributed by atoms with E-state index < -0.39 is 0 Å². The minimum absolute atomic E-state index is 0.147. The van der Waals surface area contributed by atoms with E-state index in [2.05, 4.69) is 32.0 Å². The number of pyridine rings is 2. The normalized spacial score (nSPS) is 15.5. The Balaban J connectivity index is 1.61. The summed E-state index contributed by atoms with van der Waals surface area (Å²) in [5.41, 5.74) is 2.56. The van der Waals surface area contributed by atoms with Crippen LogP contribution >= 0.6 is 0 Å². The fourth-order valence-corrected chi connectivity index (χ4v) is 3.28. The number of rotatable bonds is 6. The van der Waals surface area contributed by atoms with Crippen molar-refractivity contribution in [3.63, 3.8) is 0 Å². The van der Waals surface area contributed by atoms with Crippen molar-refractivity contribution in [2.75, 3.05) is 37.6 Å². The van der Waals surface area contributed by atoms with Gasteiger partial charge in [0.25, 0.3) is 5.91 Å². The summed E-state index contributed by atoms with van der Waals surface area (Å²) in [5.74, 6) is -0.147. The molecule has 0 radical (unpaired) electrons. The first-order valence-corrected chi connectivity index (χ1v) is 9.36. The fraction of sp³-hybridized carbons (Fsp3) is 0.450. The van der Waals surface area contributed by atoms with Gasteiger partial charge in [0.05, 0.1) is 0 Å². The number of hydrogen-bond donors (Lipinski definition) is 1. The van der Waals surface area contributed by atoms with Gasteiger partial charge in [0.1, 0.15) is 5.69 Å². The number of nitrogens with zero attached hydrogens (tertiary/aromatic N) is 4. The molecule has 0 bridgehead atoms. The van der Waals surface area contributed by atoms with E-state index in [0.29, 0.717) is 12.2 Å². The second-order valence-corrected chi connectivity index (χ2v) is 6.62. The molecule has 6 nitrogen and oxygen atoms in total. The first-order chi connectivity index (χ1) is 12.8. The Hall–Kier alpha value is -2.47. The molecule has 2 aromatic heterocycles. The largest absolute Gasteiger partial charge is 0.370 e. The molecule has 0 unspecified atom stereocenters. The summed E-state index contributed by atoms with van der Waals surface area (Å²) in [6.45, 7) is 8.08. The molecule has 6 heteroatoms. The van der Waals surface area contributed by atoms with Gasteiger partial charge in [-0.25, -0.2) is 0 Å².